The van der Waals surface area contributed by atoms with E-state index in [4.69, 9.17) is 4.42 Å². The molecular formula is C13H13N3OS. The number of aryl methyl sites for hydroxylation is 1. The van der Waals surface area contributed by atoms with Crippen molar-refractivity contribution in [3.05, 3.63) is 41.4 Å². The van der Waals surface area contributed by atoms with Crippen molar-refractivity contribution < 1.29 is 4.42 Å². The normalized spacial score (nSPS) is 10.9. The van der Waals surface area contributed by atoms with Crippen LogP contribution >= 0.6 is 11.3 Å². The smallest absolute Gasteiger partial charge is 0.138 e. The Hall–Kier alpha value is -1.88. The van der Waals surface area contributed by atoms with E-state index < -0.39 is 0 Å². The molecule has 3 aromatic heterocycles. The lowest BCUT2D eigenvalue weighted by atomic mass is 10.3. The summed E-state index contributed by atoms with van der Waals surface area (Å²) in [6.07, 6.45) is 4.15. The highest BCUT2D eigenvalue weighted by atomic mass is 32.1. The van der Waals surface area contributed by atoms with Crippen LogP contribution in [0.15, 0.2) is 35.2 Å². The first kappa shape index (κ1) is 11.2. The Morgan fingerprint density at radius 2 is 2.33 bits per heavy atom. The van der Waals surface area contributed by atoms with E-state index in [1.165, 1.54) is 4.88 Å². The van der Waals surface area contributed by atoms with Crippen molar-refractivity contribution in [2.45, 2.75) is 13.3 Å². The van der Waals surface area contributed by atoms with Gasteiger partial charge < -0.3 is 9.73 Å². The Bertz CT molecular complexity index is 645. The van der Waals surface area contributed by atoms with Crippen LogP contribution in [0, 0.1) is 6.92 Å². The van der Waals surface area contributed by atoms with Gasteiger partial charge in [0.2, 0.25) is 0 Å². The molecule has 0 aliphatic rings. The zero-order chi connectivity index (χ0) is 12.4. The van der Waals surface area contributed by atoms with Gasteiger partial charge in [-0.05, 0) is 25.1 Å². The first-order valence-corrected chi connectivity index (χ1v) is 6.62. The summed E-state index contributed by atoms with van der Waals surface area (Å²) in [6, 6.07) is 6.00. The molecule has 0 aliphatic carbocycles. The zero-order valence-corrected chi connectivity index (χ0v) is 10.8. The number of nitrogens with zero attached hydrogens (tertiary/aromatic N) is 2. The van der Waals surface area contributed by atoms with Gasteiger partial charge in [-0.2, -0.15) is 0 Å². The van der Waals surface area contributed by atoms with E-state index >= 15 is 0 Å². The molecule has 0 unspecified atom stereocenters. The van der Waals surface area contributed by atoms with E-state index in [1.54, 1.807) is 23.9 Å². The summed E-state index contributed by atoms with van der Waals surface area (Å²) in [4.78, 5) is 10.8. The van der Waals surface area contributed by atoms with Gasteiger partial charge in [0.15, 0.2) is 0 Å². The molecule has 5 heteroatoms. The molecule has 92 valence electrons. The molecule has 0 radical (unpaired) electrons. The third-order valence-corrected chi connectivity index (χ3v) is 3.66. The number of thiophene rings is 1. The van der Waals surface area contributed by atoms with Crippen molar-refractivity contribution in [3.8, 4) is 0 Å². The molecule has 0 bridgehead atoms. The molecule has 0 amide bonds. The van der Waals surface area contributed by atoms with Crippen LogP contribution in [0.1, 0.15) is 10.6 Å². The molecule has 0 fully saturated rings. The number of rotatable bonds is 4. The maximum Gasteiger partial charge on any atom is 0.138 e. The summed E-state index contributed by atoms with van der Waals surface area (Å²) in [7, 11) is 0. The number of furan rings is 1. The number of hydrogen-bond acceptors (Lipinski definition) is 5. The Kier molecular flexibility index (Phi) is 2.98. The minimum absolute atomic E-state index is 0.800. The van der Waals surface area contributed by atoms with Crippen LogP contribution in [-0.2, 0) is 6.42 Å². The second kappa shape index (κ2) is 4.78. The molecule has 0 spiro atoms. The fraction of sp³-hybridized carbons (Fsp3) is 0.231. The van der Waals surface area contributed by atoms with Crippen molar-refractivity contribution in [3.63, 3.8) is 0 Å². The lowest BCUT2D eigenvalue weighted by molar-refractivity contribution is 0.513. The fourth-order valence-electron chi connectivity index (χ4n) is 1.88. The highest BCUT2D eigenvalue weighted by molar-refractivity contribution is 7.18. The molecule has 0 aromatic carbocycles. The SMILES string of the molecule is Cc1cc2c(NCCc3ccco3)ncnc2s1. The summed E-state index contributed by atoms with van der Waals surface area (Å²) in [6.45, 7) is 2.88. The Morgan fingerprint density at radius 3 is 3.17 bits per heavy atom. The highest BCUT2D eigenvalue weighted by Gasteiger charge is 2.06. The fourth-order valence-corrected chi connectivity index (χ4v) is 2.72. The van der Waals surface area contributed by atoms with Gasteiger partial charge in [-0.25, -0.2) is 9.97 Å². The third kappa shape index (κ3) is 2.22. The quantitative estimate of drug-likeness (QED) is 0.781. The van der Waals surface area contributed by atoms with Crippen LogP contribution in [0.5, 0.6) is 0 Å². The first-order chi connectivity index (χ1) is 8.83. The summed E-state index contributed by atoms with van der Waals surface area (Å²) < 4.78 is 5.29. The Balaban J connectivity index is 1.74. The van der Waals surface area contributed by atoms with E-state index in [0.29, 0.717) is 0 Å². The van der Waals surface area contributed by atoms with Crippen molar-refractivity contribution >= 4 is 27.4 Å². The summed E-state index contributed by atoms with van der Waals surface area (Å²) >= 11 is 1.69. The average Bonchev–Trinajstić information content (AvgIpc) is 2.97. The second-order valence-corrected chi connectivity index (χ2v) is 5.29. The minimum atomic E-state index is 0.800. The molecule has 0 saturated heterocycles. The molecule has 18 heavy (non-hydrogen) atoms. The van der Waals surface area contributed by atoms with Crippen LogP contribution in [0.2, 0.25) is 0 Å². The summed E-state index contributed by atoms with van der Waals surface area (Å²) in [5, 5.41) is 4.43. The van der Waals surface area contributed by atoms with E-state index in [9.17, 15) is 0 Å². The van der Waals surface area contributed by atoms with E-state index in [2.05, 4.69) is 28.3 Å². The minimum Gasteiger partial charge on any atom is -0.469 e. The number of aromatic nitrogens is 2. The van der Waals surface area contributed by atoms with Crippen molar-refractivity contribution in [1.29, 1.82) is 0 Å². The van der Waals surface area contributed by atoms with Gasteiger partial charge in [-0.15, -0.1) is 11.3 Å². The van der Waals surface area contributed by atoms with Crippen LogP contribution in [0.4, 0.5) is 5.82 Å². The summed E-state index contributed by atoms with van der Waals surface area (Å²) in [5.41, 5.74) is 0. The van der Waals surface area contributed by atoms with Crippen LogP contribution < -0.4 is 5.32 Å². The number of hydrogen-bond donors (Lipinski definition) is 1. The molecule has 4 nitrogen and oxygen atoms in total. The first-order valence-electron chi connectivity index (χ1n) is 5.80. The van der Waals surface area contributed by atoms with E-state index in [-0.39, 0.29) is 0 Å². The Labute approximate surface area is 109 Å². The molecule has 3 rings (SSSR count). The molecule has 0 saturated carbocycles. The number of fused-ring (bicyclic) bond motifs is 1. The molecule has 3 heterocycles. The molecule has 3 aromatic rings. The van der Waals surface area contributed by atoms with Gasteiger partial charge in [0, 0.05) is 17.8 Å². The largest absolute Gasteiger partial charge is 0.469 e. The summed E-state index contributed by atoms with van der Waals surface area (Å²) in [5.74, 6) is 1.88. The number of anilines is 1. The topological polar surface area (TPSA) is 51.0 Å². The van der Waals surface area contributed by atoms with Gasteiger partial charge in [0.25, 0.3) is 0 Å². The zero-order valence-electron chi connectivity index (χ0n) is 10.0. The van der Waals surface area contributed by atoms with Crippen molar-refractivity contribution in [2.75, 3.05) is 11.9 Å². The van der Waals surface area contributed by atoms with Crippen molar-refractivity contribution in [2.24, 2.45) is 0 Å². The second-order valence-electron chi connectivity index (χ2n) is 4.05. The Morgan fingerprint density at radius 1 is 1.39 bits per heavy atom. The molecule has 0 atom stereocenters. The predicted molar refractivity (Wildman–Crippen MR) is 73.1 cm³/mol. The van der Waals surface area contributed by atoms with Gasteiger partial charge >= 0.3 is 0 Å². The standard InChI is InChI=1S/C13H13N3OS/c1-9-7-11-12(15-8-16-13(11)18-9)14-5-4-10-3-2-6-17-10/h2-3,6-8H,4-5H2,1H3,(H,14,15,16). The van der Waals surface area contributed by atoms with Crippen LogP contribution in [0.3, 0.4) is 0 Å². The third-order valence-electron chi connectivity index (χ3n) is 2.70. The van der Waals surface area contributed by atoms with Crippen LogP contribution in [-0.4, -0.2) is 16.5 Å². The highest BCUT2D eigenvalue weighted by Crippen LogP contribution is 2.27. The van der Waals surface area contributed by atoms with Gasteiger partial charge in [0.05, 0.1) is 11.6 Å². The molecule has 1 N–H and O–H groups in total. The van der Waals surface area contributed by atoms with E-state index in [0.717, 1.165) is 34.8 Å². The lowest BCUT2D eigenvalue weighted by Gasteiger charge is -2.04. The van der Waals surface area contributed by atoms with Gasteiger partial charge in [-0.1, -0.05) is 0 Å². The molecular weight excluding hydrogens is 246 g/mol. The van der Waals surface area contributed by atoms with Gasteiger partial charge in [0.1, 0.15) is 22.7 Å². The molecule has 0 aliphatic heterocycles. The van der Waals surface area contributed by atoms with Crippen LogP contribution in [0.25, 0.3) is 10.2 Å². The predicted octanol–water partition coefficient (Wildman–Crippen LogP) is 3.25. The maximum atomic E-state index is 5.29. The number of nitrogens with one attached hydrogen (secondary N) is 1. The van der Waals surface area contributed by atoms with Crippen molar-refractivity contribution in [1.82, 2.24) is 9.97 Å². The lowest BCUT2D eigenvalue weighted by Crippen LogP contribution is -2.06. The average molecular weight is 259 g/mol. The van der Waals surface area contributed by atoms with E-state index in [1.807, 2.05) is 12.1 Å². The van der Waals surface area contributed by atoms with Gasteiger partial charge in [-0.3, -0.25) is 0 Å². The maximum absolute atomic E-state index is 5.29. The monoisotopic (exact) mass is 259 g/mol.